The Kier molecular flexibility index (Phi) is 7.30. The van der Waals surface area contributed by atoms with Gasteiger partial charge in [0.1, 0.15) is 17.2 Å². The van der Waals surface area contributed by atoms with Gasteiger partial charge in [-0.15, -0.1) is 0 Å². The van der Waals surface area contributed by atoms with E-state index in [2.05, 4.69) is 5.32 Å². The number of methoxy groups -OCH3 is 2. The number of rotatable bonds is 9. The number of esters is 1. The van der Waals surface area contributed by atoms with Crippen LogP contribution in [0.15, 0.2) is 48.5 Å². The smallest absolute Gasteiger partial charge is 0.309 e. The van der Waals surface area contributed by atoms with E-state index in [1.54, 1.807) is 30.3 Å². The second-order valence-electron chi connectivity index (χ2n) is 5.19. The molecule has 0 saturated carbocycles. The minimum atomic E-state index is -0.520. The van der Waals surface area contributed by atoms with E-state index in [0.717, 1.165) is 0 Å². The van der Waals surface area contributed by atoms with Gasteiger partial charge in [-0.05, 0) is 24.3 Å². The molecular weight excluding hydrogens is 338 g/mol. The topological polar surface area (TPSA) is 83.1 Å². The number of benzene rings is 2. The lowest BCUT2D eigenvalue weighted by molar-refractivity contribution is -0.147. The first-order chi connectivity index (χ1) is 12.6. The molecule has 7 heteroatoms. The van der Waals surface area contributed by atoms with E-state index < -0.39 is 18.5 Å². The van der Waals surface area contributed by atoms with Crippen LogP contribution in [0.3, 0.4) is 0 Å². The summed E-state index contributed by atoms with van der Waals surface area (Å²) in [6, 6.07) is 14.1. The van der Waals surface area contributed by atoms with Gasteiger partial charge in [-0.3, -0.25) is 9.59 Å². The highest BCUT2D eigenvalue weighted by atomic mass is 16.5. The molecule has 1 N–H and O–H groups in total. The first-order valence-electron chi connectivity index (χ1n) is 7.97. The molecule has 0 spiro atoms. The Morgan fingerprint density at radius 1 is 0.962 bits per heavy atom. The molecule has 0 radical (unpaired) electrons. The maximum atomic E-state index is 12.0. The summed E-state index contributed by atoms with van der Waals surface area (Å²) in [5, 5.41) is 2.62. The Hall–Kier alpha value is -3.22. The van der Waals surface area contributed by atoms with Crippen LogP contribution < -0.4 is 19.5 Å². The lowest BCUT2D eigenvalue weighted by Gasteiger charge is -2.12. The Morgan fingerprint density at radius 3 is 2.42 bits per heavy atom. The zero-order valence-electron chi connectivity index (χ0n) is 14.7. The molecule has 7 nitrogen and oxygen atoms in total. The monoisotopic (exact) mass is 359 g/mol. The second kappa shape index (κ2) is 9.93. The van der Waals surface area contributed by atoms with Gasteiger partial charge in [0.05, 0.1) is 32.9 Å². The third-order valence-electron chi connectivity index (χ3n) is 3.36. The molecule has 0 saturated heterocycles. The Bertz CT molecular complexity index is 732. The number of amides is 1. The van der Waals surface area contributed by atoms with E-state index >= 15 is 0 Å². The van der Waals surface area contributed by atoms with Gasteiger partial charge in [0, 0.05) is 6.07 Å². The van der Waals surface area contributed by atoms with Crippen molar-refractivity contribution in [3.05, 3.63) is 48.5 Å². The first kappa shape index (κ1) is 19.1. The van der Waals surface area contributed by atoms with Gasteiger partial charge >= 0.3 is 5.97 Å². The highest BCUT2D eigenvalue weighted by molar-refractivity contribution is 5.94. The summed E-state index contributed by atoms with van der Waals surface area (Å²) >= 11 is 0. The van der Waals surface area contributed by atoms with Crippen molar-refractivity contribution >= 4 is 17.6 Å². The summed E-state index contributed by atoms with van der Waals surface area (Å²) in [5.74, 6) is 0.712. The van der Waals surface area contributed by atoms with Crippen LogP contribution in [0.4, 0.5) is 5.69 Å². The predicted octanol–water partition coefficient (Wildman–Crippen LogP) is 2.65. The fraction of sp³-hybridized carbons (Fsp3) is 0.263. The molecule has 0 aliphatic carbocycles. The summed E-state index contributed by atoms with van der Waals surface area (Å²) < 4.78 is 20.6. The van der Waals surface area contributed by atoms with Crippen LogP contribution in [-0.4, -0.2) is 39.3 Å². The fourth-order valence-corrected chi connectivity index (χ4v) is 2.09. The third-order valence-corrected chi connectivity index (χ3v) is 3.36. The molecule has 0 heterocycles. The standard InChI is InChI=1S/C19H21NO6/c1-23-15-8-9-17(24-2)16(12-15)20-18(21)13-26-19(22)10-11-25-14-6-4-3-5-7-14/h3-9,12H,10-11,13H2,1-2H3,(H,20,21). The molecule has 2 aromatic carbocycles. The molecule has 2 rings (SSSR count). The molecule has 0 aromatic heterocycles. The van der Waals surface area contributed by atoms with Crippen molar-refractivity contribution in [1.29, 1.82) is 0 Å². The molecule has 0 atom stereocenters. The zero-order chi connectivity index (χ0) is 18.8. The number of nitrogens with one attached hydrogen (secondary N) is 1. The number of para-hydroxylation sites is 1. The van der Waals surface area contributed by atoms with Gasteiger partial charge < -0.3 is 24.3 Å². The van der Waals surface area contributed by atoms with Crippen molar-refractivity contribution in [1.82, 2.24) is 0 Å². The average Bonchev–Trinajstić information content (AvgIpc) is 2.67. The quantitative estimate of drug-likeness (QED) is 0.693. The van der Waals surface area contributed by atoms with E-state index in [4.69, 9.17) is 18.9 Å². The van der Waals surface area contributed by atoms with Crippen molar-refractivity contribution in [3.63, 3.8) is 0 Å². The summed E-state index contributed by atoms with van der Waals surface area (Å²) in [6.07, 6.45) is 0.0463. The number of anilines is 1. The van der Waals surface area contributed by atoms with Crippen LogP contribution in [0, 0.1) is 0 Å². The Morgan fingerprint density at radius 2 is 1.73 bits per heavy atom. The second-order valence-corrected chi connectivity index (χ2v) is 5.19. The lowest BCUT2D eigenvalue weighted by Crippen LogP contribution is -2.22. The van der Waals surface area contributed by atoms with Crippen LogP contribution in [0.25, 0.3) is 0 Å². The van der Waals surface area contributed by atoms with Gasteiger partial charge in [0.15, 0.2) is 6.61 Å². The molecule has 0 bridgehead atoms. The maximum absolute atomic E-state index is 12.0. The van der Waals surface area contributed by atoms with Crippen molar-refractivity contribution in [2.24, 2.45) is 0 Å². The molecule has 138 valence electrons. The van der Waals surface area contributed by atoms with E-state index in [1.165, 1.54) is 14.2 Å². The number of carbonyl (C=O) groups excluding carboxylic acids is 2. The number of carbonyl (C=O) groups is 2. The van der Waals surface area contributed by atoms with Gasteiger partial charge in [-0.2, -0.15) is 0 Å². The summed E-state index contributed by atoms with van der Waals surface area (Å²) in [7, 11) is 3.01. The number of hydrogen-bond donors (Lipinski definition) is 1. The van der Waals surface area contributed by atoms with Crippen LogP contribution >= 0.6 is 0 Å². The summed E-state index contributed by atoms with van der Waals surface area (Å²) in [4.78, 5) is 23.7. The molecule has 0 aliphatic rings. The van der Waals surface area contributed by atoms with Crippen molar-refractivity contribution < 1.29 is 28.5 Å². The summed E-state index contributed by atoms with van der Waals surface area (Å²) in [6.45, 7) is -0.224. The first-order valence-corrected chi connectivity index (χ1v) is 7.97. The number of hydrogen-bond acceptors (Lipinski definition) is 6. The van der Waals surface area contributed by atoms with E-state index in [9.17, 15) is 9.59 Å². The number of ether oxygens (including phenoxy) is 4. The van der Waals surface area contributed by atoms with Crippen LogP contribution in [0.5, 0.6) is 17.2 Å². The highest BCUT2D eigenvalue weighted by Gasteiger charge is 2.12. The zero-order valence-corrected chi connectivity index (χ0v) is 14.7. The lowest BCUT2D eigenvalue weighted by atomic mass is 10.2. The summed E-state index contributed by atoms with van der Waals surface area (Å²) in [5.41, 5.74) is 0.431. The predicted molar refractivity (Wildman–Crippen MR) is 95.7 cm³/mol. The molecule has 0 aliphatic heterocycles. The fourth-order valence-electron chi connectivity index (χ4n) is 2.09. The molecule has 0 unspecified atom stereocenters. The Balaban J connectivity index is 1.75. The van der Waals surface area contributed by atoms with Crippen molar-refractivity contribution in [2.45, 2.75) is 6.42 Å². The maximum Gasteiger partial charge on any atom is 0.309 e. The molecule has 2 aromatic rings. The van der Waals surface area contributed by atoms with Crippen molar-refractivity contribution in [3.8, 4) is 17.2 Å². The van der Waals surface area contributed by atoms with Crippen LogP contribution in [0.1, 0.15) is 6.42 Å². The van der Waals surface area contributed by atoms with Gasteiger partial charge in [0.2, 0.25) is 0 Å². The molecular formula is C19H21NO6. The van der Waals surface area contributed by atoms with Gasteiger partial charge in [0.25, 0.3) is 5.91 Å². The normalized spacial score (nSPS) is 9.92. The highest BCUT2D eigenvalue weighted by Crippen LogP contribution is 2.28. The SMILES string of the molecule is COc1ccc(OC)c(NC(=O)COC(=O)CCOc2ccccc2)c1. The average molecular weight is 359 g/mol. The largest absolute Gasteiger partial charge is 0.497 e. The Labute approximate surface area is 151 Å². The minimum Gasteiger partial charge on any atom is -0.497 e. The van der Waals surface area contributed by atoms with E-state index in [0.29, 0.717) is 22.9 Å². The molecule has 1 amide bonds. The van der Waals surface area contributed by atoms with Crippen LogP contribution in [-0.2, 0) is 14.3 Å². The van der Waals surface area contributed by atoms with Crippen molar-refractivity contribution in [2.75, 3.05) is 32.8 Å². The van der Waals surface area contributed by atoms with E-state index in [-0.39, 0.29) is 13.0 Å². The molecule has 26 heavy (non-hydrogen) atoms. The molecule has 0 fully saturated rings. The minimum absolute atomic E-state index is 0.0463. The van der Waals surface area contributed by atoms with Gasteiger partial charge in [-0.1, -0.05) is 18.2 Å². The van der Waals surface area contributed by atoms with Crippen LogP contribution in [0.2, 0.25) is 0 Å². The third kappa shape index (κ3) is 6.01. The van der Waals surface area contributed by atoms with E-state index in [1.807, 2.05) is 18.2 Å². The van der Waals surface area contributed by atoms with Gasteiger partial charge in [-0.25, -0.2) is 0 Å².